The number of amides is 1. The number of carbonyl (C=O) groups excluding carboxylic acids is 1. The van der Waals surface area contributed by atoms with Gasteiger partial charge in [-0.15, -0.1) is 36.2 Å². The largest absolute Gasteiger partial charge is 0.448 e. The molecule has 134 valence electrons. The fourth-order valence-corrected chi connectivity index (χ4v) is 3.71. The Balaban J connectivity index is 0.00000113. The number of aromatic nitrogens is 1. The lowest BCUT2D eigenvalue weighted by Crippen LogP contribution is -2.45. The molecule has 4 rings (SSSR count). The zero-order valence-corrected chi connectivity index (χ0v) is 15.8. The first-order chi connectivity index (χ1) is 11.3. The number of piperidine rings is 1. The Kier molecular flexibility index (Phi) is 6.84. The molecule has 0 aliphatic carbocycles. The van der Waals surface area contributed by atoms with E-state index in [0.717, 1.165) is 41.2 Å². The number of hydrogen-bond donors (Lipinski definition) is 2. The Morgan fingerprint density at radius 3 is 2.84 bits per heavy atom. The van der Waals surface area contributed by atoms with E-state index in [1.54, 1.807) is 17.4 Å². The molecule has 0 bridgehead atoms. The van der Waals surface area contributed by atoms with Gasteiger partial charge in [-0.05, 0) is 43.7 Å². The highest BCUT2D eigenvalue weighted by Crippen LogP contribution is 2.31. The van der Waals surface area contributed by atoms with Crippen molar-refractivity contribution in [3.05, 3.63) is 42.2 Å². The summed E-state index contributed by atoms with van der Waals surface area (Å²) in [7, 11) is 0. The Hall–Kier alpha value is -1.60. The van der Waals surface area contributed by atoms with Gasteiger partial charge in [-0.3, -0.25) is 4.79 Å². The molecule has 1 amide bonds. The molecular weight excluding hydrogens is 381 g/mol. The molecule has 1 fully saturated rings. The van der Waals surface area contributed by atoms with Crippen LogP contribution < -0.4 is 10.6 Å². The van der Waals surface area contributed by atoms with Crippen molar-refractivity contribution in [2.75, 3.05) is 13.1 Å². The maximum atomic E-state index is 12.3. The predicted octanol–water partition coefficient (Wildman–Crippen LogP) is 3.88. The number of carbonyl (C=O) groups is 1. The van der Waals surface area contributed by atoms with Gasteiger partial charge in [-0.2, -0.15) is 0 Å². The van der Waals surface area contributed by atoms with Gasteiger partial charge in [-0.1, -0.05) is 12.1 Å². The number of halogens is 2. The van der Waals surface area contributed by atoms with Gasteiger partial charge in [0.2, 0.25) is 0 Å². The molecule has 25 heavy (non-hydrogen) atoms. The first-order valence-corrected chi connectivity index (χ1v) is 8.58. The molecule has 2 aromatic heterocycles. The van der Waals surface area contributed by atoms with Crippen molar-refractivity contribution in [2.24, 2.45) is 0 Å². The Labute approximate surface area is 162 Å². The Morgan fingerprint density at radius 2 is 2.08 bits per heavy atom. The summed E-state index contributed by atoms with van der Waals surface area (Å²) in [6.07, 6.45) is 2.09. The van der Waals surface area contributed by atoms with Gasteiger partial charge in [0.1, 0.15) is 0 Å². The van der Waals surface area contributed by atoms with Crippen molar-refractivity contribution in [1.29, 1.82) is 0 Å². The van der Waals surface area contributed by atoms with Crippen LogP contribution in [0.3, 0.4) is 0 Å². The second-order valence-electron chi connectivity index (χ2n) is 5.67. The van der Waals surface area contributed by atoms with Crippen molar-refractivity contribution >= 4 is 52.3 Å². The van der Waals surface area contributed by atoms with Gasteiger partial charge in [0.05, 0.1) is 10.2 Å². The molecule has 1 aliphatic rings. The van der Waals surface area contributed by atoms with Crippen LogP contribution in [-0.4, -0.2) is 30.0 Å². The van der Waals surface area contributed by atoms with E-state index in [4.69, 9.17) is 4.42 Å². The number of furan rings is 1. The van der Waals surface area contributed by atoms with Gasteiger partial charge >= 0.3 is 0 Å². The van der Waals surface area contributed by atoms with Crippen molar-refractivity contribution in [1.82, 2.24) is 15.6 Å². The molecule has 0 saturated carbocycles. The molecule has 5 nitrogen and oxygen atoms in total. The maximum Gasteiger partial charge on any atom is 0.287 e. The molecule has 2 N–H and O–H groups in total. The van der Waals surface area contributed by atoms with Gasteiger partial charge in [0.15, 0.2) is 16.5 Å². The van der Waals surface area contributed by atoms with Crippen LogP contribution in [0.5, 0.6) is 0 Å². The normalized spacial score (nSPS) is 16.7. The van der Waals surface area contributed by atoms with Crippen molar-refractivity contribution < 1.29 is 9.21 Å². The summed E-state index contributed by atoms with van der Waals surface area (Å²) in [6.45, 7) is 1.84. The third kappa shape index (κ3) is 4.33. The molecule has 3 aromatic rings. The number of fused-ring (bicyclic) bond motifs is 1. The van der Waals surface area contributed by atoms with Crippen molar-refractivity contribution in [3.8, 4) is 10.8 Å². The highest BCUT2D eigenvalue weighted by atomic mass is 35.5. The van der Waals surface area contributed by atoms with Crippen LogP contribution in [0.15, 0.2) is 40.8 Å². The fourth-order valence-electron chi connectivity index (χ4n) is 2.78. The lowest BCUT2D eigenvalue weighted by atomic mass is 10.1. The summed E-state index contributed by atoms with van der Waals surface area (Å²) in [5.41, 5.74) is 0.947. The number of thiazole rings is 1. The molecule has 0 unspecified atom stereocenters. The summed E-state index contributed by atoms with van der Waals surface area (Å²) in [4.78, 5) is 16.8. The van der Waals surface area contributed by atoms with E-state index in [2.05, 4.69) is 15.6 Å². The summed E-state index contributed by atoms with van der Waals surface area (Å²) in [6, 6.07) is 11.7. The second kappa shape index (κ2) is 8.67. The van der Waals surface area contributed by atoms with Crippen LogP contribution in [-0.2, 0) is 0 Å². The minimum Gasteiger partial charge on any atom is -0.448 e. The quantitative estimate of drug-likeness (QED) is 0.700. The average Bonchev–Trinajstić information content (AvgIpc) is 3.22. The number of para-hydroxylation sites is 1. The molecule has 1 atom stereocenters. The third-order valence-corrected chi connectivity index (χ3v) is 5.02. The third-order valence-electron chi connectivity index (χ3n) is 3.97. The molecule has 3 heterocycles. The first-order valence-electron chi connectivity index (χ1n) is 7.77. The van der Waals surface area contributed by atoms with Crippen LogP contribution >= 0.6 is 36.2 Å². The summed E-state index contributed by atoms with van der Waals surface area (Å²) in [5, 5.41) is 7.09. The Morgan fingerprint density at radius 1 is 1.24 bits per heavy atom. The number of benzene rings is 1. The number of hydrogen-bond acceptors (Lipinski definition) is 5. The standard InChI is InChI=1S/C17H17N3O2S.2ClH/c21-16(19-11-4-3-9-18-10-11)13-7-8-14(22-13)17-20-12-5-1-2-6-15(12)23-17;;/h1-2,5-8,11,18H,3-4,9-10H2,(H,19,21);2*1H/t11-;;/m0../s1. The van der Waals surface area contributed by atoms with Gasteiger partial charge in [0, 0.05) is 12.6 Å². The highest BCUT2D eigenvalue weighted by molar-refractivity contribution is 7.21. The molecule has 1 saturated heterocycles. The van der Waals surface area contributed by atoms with Gasteiger partial charge < -0.3 is 15.1 Å². The summed E-state index contributed by atoms with van der Waals surface area (Å²) >= 11 is 1.56. The molecule has 0 spiro atoms. The van der Waals surface area contributed by atoms with Crippen molar-refractivity contribution in [2.45, 2.75) is 18.9 Å². The van der Waals surface area contributed by atoms with Crippen LogP contribution in [0, 0.1) is 0 Å². The zero-order valence-electron chi connectivity index (χ0n) is 13.4. The lowest BCUT2D eigenvalue weighted by Gasteiger charge is -2.23. The van der Waals surface area contributed by atoms with Crippen LogP contribution in [0.2, 0.25) is 0 Å². The second-order valence-corrected chi connectivity index (χ2v) is 6.70. The van der Waals surface area contributed by atoms with Crippen LogP contribution in [0.1, 0.15) is 23.4 Å². The van der Waals surface area contributed by atoms with E-state index in [9.17, 15) is 4.79 Å². The van der Waals surface area contributed by atoms with Crippen LogP contribution in [0.4, 0.5) is 0 Å². The van der Waals surface area contributed by atoms with Gasteiger partial charge in [-0.25, -0.2) is 4.98 Å². The predicted molar refractivity (Wildman–Crippen MR) is 105 cm³/mol. The summed E-state index contributed by atoms with van der Waals surface area (Å²) < 4.78 is 6.83. The van der Waals surface area contributed by atoms with E-state index in [1.807, 2.05) is 30.3 Å². The number of nitrogens with one attached hydrogen (secondary N) is 2. The SMILES string of the molecule is Cl.Cl.O=C(N[C@H]1CCCNC1)c1ccc(-c2nc3ccccc3s2)o1. The van der Waals surface area contributed by atoms with E-state index in [1.165, 1.54) is 0 Å². The minimum atomic E-state index is -0.161. The lowest BCUT2D eigenvalue weighted by molar-refractivity contribution is 0.0903. The molecule has 1 aliphatic heterocycles. The molecule has 0 radical (unpaired) electrons. The zero-order chi connectivity index (χ0) is 15.6. The topological polar surface area (TPSA) is 67.2 Å². The van der Waals surface area contributed by atoms with E-state index >= 15 is 0 Å². The average molecular weight is 400 g/mol. The van der Waals surface area contributed by atoms with E-state index in [-0.39, 0.29) is 36.8 Å². The number of nitrogens with zero attached hydrogens (tertiary/aromatic N) is 1. The molecular formula is C17H19Cl2N3O2S. The first kappa shape index (κ1) is 19.7. The number of rotatable bonds is 3. The van der Waals surface area contributed by atoms with Crippen LogP contribution in [0.25, 0.3) is 21.0 Å². The van der Waals surface area contributed by atoms with Gasteiger partial charge in [0.25, 0.3) is 5.91 Å². The van der Waals surface area contributed by atoms with E-state index in [0.29, 0.717) is 11.5 Å². The minimum absolute atomic E-state index is 0. The Bertz CT molecular complexity index is 810. The molecule has 1 aromatic carbocycles. The highest BCUT2D eigenvalue weighted by Gasteiger charge is 2.19. The van der Waals surface area contributed by atoms with E-state index < -0.39 is 0 Å². The maximum absolute atomic E-state index is 12.3. The fraction of sp³-hybridized carbons (Fsp3) is 0.294. The smallest absolute Gasteiger partial charge is 0.287 e. The monoisotopic (exact) mass is 399 g/mol. The van der Waals surface area contributed by atoms with Crippen molar-refractivity contribution in [3.63, 3.8) is 0 Å². The summed E-state index contributed by atoms with van der Waals surface area (Å²) in [5.74, 6) is 0.814. The molecule has 8 heteroatoms.